The largest absolute Gasteiger partial charge is 0.478 e. The van der Waals surface area contributed by atoms with Gasteiger partial charge in [0, 0.05) is 0 Å². The molecule has 0 aromatic rings. The van der Waals surface area contributed by atoms with Crippen molar-refractivity contribution in [3.05, 3.63) is 0 Å². The van der Waals surface area contributed by atoms with Gasteiger partial charge in [-0.25, -0.2) is 9.13 Å². The summed E-state index contributed by atoms with van der Waals surface area (Å²) in [7, 11) is -10.1. The summed E-state index contributed by atoms with van der Waals surface area (Å²) in [6, 6.07) is 0. The normalized spacial score (nSPS) is 15.5. The number of aliphatic hydroxyl groups excluding tert-OH is 6. The van der Waals surface area contributed by atoms with Crippen LogP contribution in [-0.2, 0) is 13.4 Å². The number of hydrogen-bond donors (Lipinski definition) is 11. The number of hydrogen-bond acceptors (Lipinski definition) is 10. The van der Waals surface area contributed by atoms with Crippen LogP contribution in [0.4, 0.5) is 0 Å². The molecule has 0 bridgehead atoms. The molecule has 11 N–H and O–H groups in total. The molecule has 0 radical (unpaired) electrons. The molecule has 0 saturated heterocycles. The predicted molar refractivity (Wildman–Crippen MR) is 76.2 cm³/mol. The van der Waals surface area contributed by atoms with Crippen LogP contribution in [0.1, 0.15) is 6.92 Å². The van der Waals surface area contributed by atoms with Gasteiger partial charge in [0.25, 0.3) is 0 Å². The van der Waals surface area contributed by atoms with E-state index in [2.05, 4.69) is 4.31 Å². The second kappa shape index (κ2) is 13.2. The van der Waals surface area contributed by atoms with E-state index in [0.29, 0.717) is 0 Å². The SMILES string of the molecule is C[C@](O)(CO)[C@H](O)CO.O=P(O)(O)OP(=O)(O)O.OCC(O)CO. The van der Waals surface area contributed by atoms with E-state index in [9.17, 15) is 9.13 Å². The Balaban J connectivity index is -0.000000282. The van der Waals surface area contributed by atoms with E-state index in [-0.39, 0.29) is 13.2 Å². The second-order valence-corrected chi connectivity index (χ2v) is 6.91. The van der Waals surface area contributed by atoms with Crippen LogP contribution in [0.3, 0.4) is 0 Å². The molecular formula is C8H24O14P2. The van der Waals surface area contributed by atoms with Crippen molar-refractivity contribution in [3.63, 3.8) is 0 Å². The standard InChI is InChI=1S/C5H12O4.C3H8O3.H4O7P2/c1-5(9,3-7)4(8)2-6;4-1-3(6)2-5;1-8(2,3)7-9(4,5)6/h4,6-9H,2-3H2,1H3;3-6H,1-2H2;(H2,1,2,3)(H2,4,5,6)/t4-,5+;;/m1../s1. The third-order valence-corrected chi connectivity index (χ3v) is 3.55. The molecular weight excluding hydrogens is 382 g/mol. The minimum atomic E-state index is -5.05. The first-order valence-corrected chi connectivity index (χ1v) is 8.96. The van der Waals surface area contributed by atoms with Crippen molar-refractivity contribution in [1.29, 1.82) is 0 Å². The van der Waals surface area contributed by atoms with E-state index in [4.69, 9.17) is 55.3 Å². The quantitative estimate of drug-likeness (QED) is 0.178. The van der Waals surface area contributed by atoms with Crippen LogP contribution in [0.5, 0.6) is 0 Å². The second-order valence-electron chi connectivity index (χ2n) is 4.30. The molecule has 16 heteroatoms. The Labute approximate surface area is 136 Å². The van der Waals surface area contributed by atoms with E-state index >= 15 is 0 Å². The van der Waals surface area contributed by atoms with Crippen LogP contribution in [0.2, 0.25) is 0 Å². The van der Waals surface area contributed by atoms with Gasteiger partial charge in [0.05, 0.1) is 26.4 Å². The zero-order valence-corrected chi connectivity index (χ0v) is 14.3. The fourth-order valence-corrected chi connectivity index (χ4v) is 1.61. The number of aliphatic hydroxyl groups is 7. The highest BCUT2D eigenvalue weighted by molar-refractivity contribution is 7.60. The van der Waals surface area contributed by atoms with Gasteiger partial charge in [-0.3, -0.25) is 0 Å². The first kappa shape index (κ1) is 28.8. The lowest BCUT2D eigenvalue weighted by Gasteiger charge is -2.24. The van der Waals surface area contributed by atoms with Gasteiger partial charge in [-0.15, -0.1) is 0 Å². The lowest BCUT2D eigenvalue weighted by molar-refractivity contribution is -0.108. The van der Waals surface area contributed by atoms with Crippen molar-refractivity contribution in [1.82, 2.24) is 0 Å². The average Bonchev–Trinajstić information content (AvgIpc) is 2.42. The topological polar surface area (TPSA) is 266 Å². The van der Waals surface area contributed by atoms with Gasteiger partial charge < -0.3 is 55.3 Å². The summed E-state index contributed by atoms with van der Waals surface area (Å²) in [5, 5.41) is 58.3. The van der Waals surface area contributed by atoms with Crippen molar-refractivity contribution < 1.29 is 68.8 Å². The van der Waals surface area contributed by atoms with Crippen molar-refractivity contribution in [2.45, 2.75) is 24.7 Å². The van der Waals surface area contributed by atoms with E-state index in [1.54, 1.807) is 0 Å². The molecule has 0 aliphatic heterocycles. The predicted octanol–water partition coefficient (Wildman–Crippen LogP) is -4.40. The minimum absolute atomic E-state index is 0.365. The van der Waals surface area contributed by atoms with Gasteiger partial charge in [0.15, 0.2) is 0 Å². The van der Waals surface area contributed by atoms with Crippen LogP contribution < -0.4 is 0 Å². The summed E-state index contributed by atoms with van der Waals surface area (Å²) < 4.78 is 22.2. The molecule has 0 amide bonds. The Morgan fingerprint density at radius 3 is 1.25 bits per heavy atom. The van der Waals surface area contributed by atoms with Crippen molar-refractivity contribution in [3.8, 4) is 0 Å². The molecule has 150 valence electrons. The third kappa shape index (κ3) is 22.0. The maximum atomic E-state index is 9.63. The fourth-order valence-electron chi connectivity index (χ4n) is 0.498. The lowest BCUT2D eigenvalue weighted by Crippen LogP contribution is -2.44. The van der Waals surface area contributed by atoms with Crippen LogP contribution >= 0.6 is 15.6 Å². The van der Waals surface area contributed by atoms with Crippen LogP contribution in [-0.4, -0.2) is 99.6 Å². The first-order chi connectivity index (χ1) is 10.6. The highest BCUT2D eigenvalue weighted by Gasteiger charge is 2.28. The van der Waals surface area contributed by atoms with Crippen molar-refractivity contribution in [2.75, 3.05) is 26.4 Å². The molecule has 0 aromatic carbocycles. The summed E-state index contributed by atoms with van der Waals surface area (Å²) in [6.07, 6.45) is -2.23. The summed E-state index contributed by atoms with van der Waals surface area (Å²) in [6.45, 7) is -0.594. The molecule has 0 saturated carbocycles. The Morgan fingerprint density at radius 1 is 0.875 bits per heavy atom. The molecule has 0 spiro atoms. The van der Waals surface area contributed by atoms with Gasteiger partial charge >= 0.3 is 15.6 Å². The highest BCUT2D eigenvalue weighted by Crippen LogP contribution is 2.53. The zero-order chi connectivity index (χ0) is 20.2. The summed E-state index contributed by atoms with van der Waals surface area (Å²) in [4.78, 5) is 31.0. The third-order valence-electron chi connectivity index (χ3n) is 1.85. The van der Waals surface area contributed by atoms with Crippen LogP contribution in [0.25, 0.3) is 0 Å². The smallest absolute Gasteiger partial charge is 0.394 e. The molecule has 0 aliphatic rings. The van der Waals surface area contributed by atoms with Crippen molar-refractivity contribution in [2.24, 2.45) is 0 Å². The molecule has 0 fully saturated rings. The number of phosphoric acid groups is 2. The molecule has 0 unspecified atom stereocenters. The first-order valence-electron chi connectivity index (χ1n) is 5.90. The highest BCUT2D eigenvalue weighted by atomic mass is 31.3. The molecule has 24 heavy (non-hydrogen) atoms. The fraction of sp³-hybridized carbons (Fsp3) is 1.00. The van der Waals surface area contributed by atoms with Crippen molar-refractivity contribution >= 4 is 15.6 Å². The molecule has 14 nitrogen and oxygen atoms in total. The van der Waals surface area contributed by atoms with Crippen LogP contribution in [0.15, 0.2) is 0 Å². The van der Waals surface area contributed by atoms with E-state index < -0.39 is 46.7 Å². The Kier molecular flexibility index (Phi) is 15.8. The molecule has 2 atom stereocenters. The van der Waals surface area contributed by atoms with Gasteiger partial charge in [-0.2, -0.15) is 4.31 Å². The summed E-state index contributed by atoms with van der Waals surface area (Å²) in [5.41, 5.74) is -1.59. The maximum Gasteiger partial charge on any atom is 0.478 e. The average molecular weight is 406 g/mol. The van der Waals surface area contributed by atoms with Gasteiger partial charge in [0.2, 0.25) is 0 Å². The Bertz CT molecular complexity index is 364. The molecule has 0 heterocycles. The maximum absolute atomic E-state index is 9.63. The Hall–Kier alpha value is -0.0200. The molecule has 0 rings (SSSR count). The van der Waals surface area contributed by atoms with E-state index in [1.165, 1.54) is 6.92 Å². The van der Waals surface area contributed by atoms with E-state index in [1.807, 2.05) is 0 Å². The lowest BCUT2D eigenvalue weighted by atomic mass is 10.0. The zero-order valence-electron chi connectivity index (χ0n) is 12.5. The van der Waals surface area contributed by atoms with Crippen LogP contribution in [0, 0.1) is 0 Å². The van der Waals surface area contributed by atoms with Gasteiger partial charge in [-0.1, -0.05) is 0 Å². The summed E-state index contributed by atoms with van der Waals surface area (Å²) >= 11 is 0. The monoisotopic (exact) mass is 406 g/mol. The minimum Gasteiger partial charge on any atom is -0.394 e. The number of rotatable bonds is 7. The Morgan fingerprint density at radius 2 is 1.21 bits per heavy atom. The van der Waals surface area contributed by atoms with Gasteiger partial charge in [-0.05, 0) is 6.92 Å². The van der Waals surface area contributed by atoms with Gasteiger partial charge in [0.1, 0.15) is 17.8 Å². The molecule has 0 aliphatic carbocycles. The molecule has 0 aromatic heterocycles. The van der Waals surface area contributed by atoms with E-state index in [0.717, 1.165) is 0 Å². The summed E-state index contributed by atoms with van der Waals surface area (Å²) in [5.74, 6) is 0.